The molecule has 2 aromatic carbocycles. The molecule has 1 atom stereocenters. The number of nitrogens with one attached hydrogen (secondary N) is 2. The van der Waals surface area contributed by atoms with E-state index in [1.165, 1.54) is 0 Å². The third-order valence-electron chi connectivity index (χ3n) is 8.73. The minimum Gasteiger partial charge on any atom is -0.370 e. The maximum atomic E-state index is 12.5. The molecule has 1 unspecified atom stereocenters. The minimum atomic E-state index is -0.429. The highest BCUT2D eigenvalue weighted by Gasteiger charge is 2.32. The Morgan fingerprint density at radius 2 is 1.82 bits per heavy atom. The van der Waals surface area contributed by atoms with E-state index in [1.807, 2.05) is 36.0 Å². The van der Waals surface area contributed by atoms with Crippen molar-refractivity contribution in [2.45, 2.75) is 31.6 Å². The number of fused-ring (bicyclic) bond motifs is 2. The molecule has 3 amide bonds. The number of hydrogen-bond donors (Lipinski definition) is 2. The number of aromatic nitrogens is 4. The van der Waals surface area contributed by atoms with Gasteiger partial charge in [0, 0.05) is 69.1 Å². The second-order valence-electron chi connectivity index (χ2n) is 11.5. The first-order chi connectivity index (χ1) is 21.2. The standard InChI is InChI=1S/C31H32ClN9O3/c1-38-24-8-4-19(14-18(24)15-27(38)43)34-29-23(32)17-33-31(36-29)41-11-3-10-40(12-13-41)20-5-6-21-25(16-20)39(2)37-28(21)22-7-9-26(42)35-30(22)44/h4-6,8,14,16-17,22H,3,7,9-13,15H2,1-2H3,(H,33,34,36)(H,35,42,44). The Bertz CT molecular complexity index is 1820. The van der Waals surface area contributed by atoms with Crippen LogP contribution in [0.3, 0.4) is 0 Å². The van der Waals surface area contributed by atoms with Crippen LogP contribution in [0, 0.1) is 0 Å². The molecule has 3 aliphatic heterocycles. The summed E-state index contributed by atoms with van der Waals surface area (Å²) in [5, 5.41) is 11.8. The number of likely N-dealkylation sites (N-methyl/N-ethyl adjacent to an activating group) is 1. The third-order valence-corrected chi connectivity index (χ3v) is 9.00. The SMILES string of the molecule is CN1C(=O)Cc2cc(Nc3nc(N4CCCN(c5ccc6c(C7CCC(=O)NC7=O)nn(C)c6c5)CC4)ncc3Cl)ccc21. The predicted octanol–water partition coefficient (Wildman–Crippen LogP) is 3.52. The molecule has 2 aromatic heterocycles. The summed E-state index contributed by atoms with van der Waals surface area (Å²) in [5.74, 6) is 0.256. The van der Waals surface area contributed by atoms with Gasteiger partial charge in [0.25, 0.3) is 0 Å². The molecule has 0 radical (unpaired) electrons. The van der Waals surface area contributed by atoms with E-state index in [4.69, 9.17) is 16.6 Å². The summed E-state index contributed by atoms with van der Waals surface area (Å²) in [4.78, 5) is 51.8. The third kappa shape index (κ3) is 5.08. The van der Waals surface area contributed by atoms with Gasteiger partial charge in [-0.2, -0.15) is 10.1 Å². The molecule has 3 aliphatic rings. The Hall–Kier alpha value is -4.71. The van der Waals surface area contributed by atoms with Crippen molar-refractivity contribution in [3.63, 3.8) is 0 Å². The lowest BCUT2D eigenvalue weighted by molar-refractivity contribution is -0.134. The summed E-state index contributed by atoms with van der Waals surface area (Å²) in [6, 6.07) is 12.1. The Morgan fingerprint density at radius 1 is 1.00 bits per heavy atom. The molecule has 2 fully saturated rings. The summed E-state index contributed by atoms with van der Waals surface area (Å²) < 4.78 is 1.81. The van der Waals surface area contributed by atoms with Crippen molar-refractivity contribution in [2.24, 2.45) is 7.05 Å². The highest BCUT2D eigenvalue weighted by atomic mass is 35.5. The van der Waals surface area contributed by atoms with Crippen LogP contribution in [0.4, 0.5) is 28.8 Å². The highest BCUT2D eigenvalue weighted by Crippen LogP contribution is 2.34. The monoisotopic (exact) mass is 613 g/mol. The van der Waals surface area contributed by atoms with Crippen LogP contribution in [0.5, 0.6) is 0 Å². The molecular weight excluding hydrogens is 582 g/mol. The second-order valence-corrected chi connectivity index (χ2v) is 11.9. The molecule has 2 N–H and O–H groups in total. The van der Waals surface area contributed by atoms with Gasteiger partial charge in [-0.05, 0) is 54.8 Å². The zero-order valence-electron chi connectivity index (χ0n) is 24.5. The van der Waals surface area contributed by atoms with Gasteiger partial charge in [0.05, 0.1) is 29.7 Å². The van der Waals surface area contributed by atoms with E-state index in [-0.39, 0.29) is 17.7 Å². The zero-order chi connectivity index (χ0) is 30.5. The first-order valence-corrected chi connectivity index (χ1v) is 15.1. The summed E-state index contributed by atoms with van der Waals surface area (Å²) in [6.07, 6.45) is 3.70. The van der Waals surface area contributed by atoms with E-state index in [0.29, 0.717) is 41.7 Å². The number of benzene rings is 2. The molecule has 44 heavy (non-hydrogen) atoms. The molecule has 12 nitrogen and oxygen atoms in total. The van der Waals surface area contributed by atoms with Crippen molar-refractivity contribution >= 4 is 69.1 Å². The Kier molecular flexibility index (Phi) is 7.08. The average Bonchev–Trinajstić information content (AvgIpc) is 3.34. The lowest BCUT2D eigenvalue weighted by Gasteiger charge is -2.24. The van der Waals surface area contributed by atoms with Gasteiger partial charge in [-0.25, -0.2) is 4.98 Å². The van der Waals surface area contributed by atoms with Crippen LogP contribution in [0.2, 0.25) is 5.02 Å². The number of hydrogen-bond acceptors (Lipinski definition) is 9. The largest absolute Gasteiger partial charge is 0.370 e. The maximum Gasteiger partial charge on any atom is 0.235 e. The number of piperidine rings is 1. The van der Waals surface area contributed by atoms with Crippen LogP contribution in [-0.2, 0) is 27.9 Å². The van der Waals surface area contributed by atoms with Gasteiger partial charge < -0.3 is 20.0 Å². The smallest absolute Gasteiger partial charge is 0.235 e. The van der Waals surface area contributed by atoms with E-state index in [9.17, 15) is 14.4 Å². The van der Waals surface area contributed by atoms with Crippen LogP contribution >= 0.6 is 11.6 Å². The Labute approximate surface area is 259 Å². The lowest BCUT2D eigenvalue weighted by atomic mass is 9.93. The number of anilines is 5. The number of carbonyl (C=O) groups excluding carboxylic acids is 3. The lowest BCUT2D eigenvalue weighted by Crippen LogP contribution is -2.39. The van der Waals surface area contributed by atoms with Crippen molar-refractivity contribution in [2.75, 3.05) is 53.2 Å². The summed E-state index contributed by atoms with van der Waals surface area (Å²) >= 11 is 6.49. The number of aryl methyl sites for hydroxylation is 1. The number of nitrogens with zero attached hydrogens (tertiary/aromatic N) is 7. The van der Waals surface area contributed by atoms with E-state index in [2.05, 4.69) is 42.6 Å². The predicted molar refractivity (Wildman–Crippen MR) is 169 cm³/mol. The Morgan fingerprint density at radius 3 is 2.66 bits per heavy atom. The van der Waals surface area contributed by atoms with Gasteiger partial charge in [0.15, 0.2) is 5.82 Å². The van der Waals surface area contributed by atoms with Crippen LogP contribution in [0.1, 0.15) is 36.4 Å². The van der Waals surface area contributed by atoms with E-state index >= 15 is 0 Å². The van der Waals surface area contributed by atoms with Crippen molar-refractivity contribution in [3.8, 4) is 0 Å². The molecule has 0 saturated carbocycles. The normalized spacial score (nSPS) is 18.9. The minimum absolute atomic E-state index is 0.0759. The maximum absolute atomic E-state index is 12.5. The van der Waals surface area contributed by atoms with Crippen LogP contribution in [-0.4, -0.2) is 70.7 Å². The summed E-state index contributed by atoms with van der Waals surface area (Å²) in [5.41, 5.74) is 5.44. The Balaban J connectivity index is 1.06. The first-order valence-electron chi connectivity index (χ1n) is 14.7. The summed E-state index contributed by atoms with van der Waals surface area (Å²) in [7, 11) is 3.67. The molecule has 13 heteroatoms. The number of amides is 3. The average molecular weight is 614 g/mol. The van der Waals surface area contributed by atoms with E-state index in [1.54, 1.807) is 18.1 Å². The van der Waals surface area contributed by atoms with Gasteiger partial charge in [-0.3, -0.25) is 24.4 Å². The molecule has 5 heterocycles. The van der Waals surface area contributed by atoms with Crippen LogP contribution in [0.15, 0.2) is 42.6 Å². The number of halogens is 1. The van der Waals surface area contributed by atoms with Crippen molar-refractivity contribution in [1.82, 2.24) is 25.1 Å². The number of imide groups is 1. The molecular formula is C31H32ClN9O3. The highest BCUT2D eigenvalue weighted by molar-refractivity contribution is 6.32. The number of rotatable bonds is 5. The van der Waals surface area contributed by atoms with Gasteiger partial charge in [0.2, 0.25) is 23.7 Å². The molecule has 7 rings (SSSR count). The fourth-order valence-corrected chi connectivity index (χ4v) is 6.48. The van der Waals surface area contributed by atoms with Crippen molar-refractivity contribution < 1.29 is 14.4 Å². The molecule has 0 spiro atoms. The quantitative estimate of drug-likeness (QED) is 0.325. The van der Waals surface area contributed by atoms with Gasteiger partial charge in [0.1, 0.15) is 5.02 Å². The first kappa shape index (κ1) is 28.1. The topological polar surface area (TPSA) is 129 Å². The summed E-state index contributed by atoms with van der Waals surface area (Å²) in [6.45, 7) is 3.14. The van der Waals surface area contributed by atoms with Crippen LogP contribution in [0.25, 0.3) is 10.9 Å². The zero-order valence-corrected chi connectivity index (χ0v) is 25.3. The fourth-order valence-electron chi connectivity index (χ4n) is 6.34. The van der Waals surface area contributed by atoms with Gasteiger partial charge in [-0.15, -0.1) is 0 Å². The fraction of sp³-hybridized carbons (Fsp3) is 0.355. The van der Waals surface area contributed by atoms with E-state index in [0.717, 1.165) is 66.1 Å². The number of carbonyl (C=O) groups is 3. The van der Waals surface area contributed by atoms with Gasteiger partial charge in [-0.1, -0.05) is 11.6 Å². The van der Waals surface area contributed by atoms with Crippen LogP contribution < -0.4 is 25.3 Å². The molecule has 226 valence electrons. The van der Waals surface area contributed by atoms with Crippen molar-refractivity contribution in [3.05, 3.63) is 58.9 Å². The van der Waals surface area contributed by atoms with Crippen molar-refractivity contribution in [1.29, 1.82) is 0 Å². The molecule has 0 bridgehead atoms. The van der Waals surface area contributed by atoms with Gasteiger partial charge >= 0.3 is 0 Å². The van der Waals surface area contributed by atoms with E-state index < -0.39 is 5.92 Å². The molecule has 2 saturated heterocycles. The molecule has 4 aromatic rings. The molecule has 0 aliphatic carbocycles. The second kappa shape index (κ2) is 11.1.